The molecule has 2 bridgehead atoms. The number of rotatable bonds is 4. The van der Waals surface area contributed by atoms with E-state index in [1.54, 1.807) is 4.90 Å². The molecule has 4 rings (SSSR count). The first-order valence-corrected chi connectivity index (χ1v) is 9.49. The number of likely N-dealkylation sites (tertiary alicyclic amines) is 1. The Bertz CT molecular complexity index is 683. The van der Waals surface area contributed by atoms with Gasteiger partial charge in [0.05, 0.1) is 0 Å². The van der Waals surface area contributed by atoms with Crippen LogP contribution >= 0.6 is 0 Å². The van der Waals surface area contributed by atoms with Gasteiger partial charge in [-0.3, -0.25) is 4.90 Å². The van der Waals surface area contributed by atoms with E-state index in [1.807, 2.05) is 0 Å². The second-order valence-electron chi connectivity index (χ2n) is 8.12. The summed E-state index contributed by atoms with van der Waals surface area (Å²) >= 11 is 0. The highest BCUT2D eigenvalue weighted by Crippen LogP contribution is 2.45. The Morgan fingerprint density at radius 2 is 1.89 bits per heavy atom. The SMILES string of the molecule is FC1(F)CCN(Cc2cnc(N[C@@H]3C[C@H]4CC[C@@H]3C4)nc2C(F)(F)F)CC1. The minimum Gasteiger partial charge on any atom is -0.351 e. The van der Waals surface area contributed by atoms with E-state index in [-0.39, 0.29) is 50.0 Å². The maximum Gasteiger partial charge on any atom is 0.433 e. The first-order chi connectivity index (χ1) is 12.7. The maximum atomic E-state index is 13.5. The molecule has 1 aromatic heterocycles. The number of nitrogens with one attached hydrogen (secondary N) is 1. The lowest BCUT2D eigenvalue weighted by Crippen LogP contribution is -2.39. The van der Waals surface area contributed by atoms with E-state index in [0.29, 0.717) is 11.8 Å². The molecule has 0 radical (unpaired) electrons. The van der Waals surface area contributed by atoms with Gasteiger partial charge in [-0.05, 0) is 31.1 Å². The van der Waals surface area contributed by atoms with Crippen molar-refractivity contribution in [3.05, 3.63) is 17.5 Å². The maximum absolute atomic E-state index is 13.5. The molecule has 0 aromatic carbocycles. The Kier molecular flexibility index (Phi) is 4.76. The number of fused-ring (bicyclic) bond motifs is 2. The molecule has 0 amide bonds. The van der Waals surface area contributed by atoms with E-state index in [9.17, 15) is 22.0 Å². The van der Waals surface area contributed by atoms with Gasteiger partial charge >= 0.3 is 6.18 Å². The molecule has 4 nitrogen and oxygen atoms in total. The first-order valence-electron chi connectivity index (χ1n) is 9.49. The summed E-state index contributed by atoms with van der Waals surface area (Å²) in [4.78, 5) is 9.47. The molecule has 0 unspecified atom stereocenters. The summed E-state index contributed by atoms with van der Waals surface area (Å²) in [5, 5.41) is 3.09. The Balaban J connectivity index is 1.48. The summed E-state index contributed by atoms with van der Waals surface area (Å²) < 4.78 is 67.0. The topological polar surface area (TPSA) is 41.1 Å². The van der Waals surface area contributed by atoms with Gasteiger partial charge in [0.2, 0.25) is 5.95 Å². The predicted molar refractivity (Wildman–Crippen MR) is 89.4 cm³/mol. The third kappa shape index (κ3) is 4.17. The molecule has 2 aliphatic carbocycles. The molecule has 9 heteroatoms. The van der Waals surface area contributed by atoms with Crippen LogP contribution in [-0.2, 0) is 12.7 Å². The molecule has 1 N–H and O–H groups in total. The molecule has 2 saturated carbocycles. The quantitative estimate of drug-likeness (QED) is 0.777. The van der Waals surface area contributed by atoms with Gasteiger partial charge in [-0.15, -0.1) is 0 Å². The summed E-state index contributed by atoms with van der Waals surface area (Å²) in [6, 6.07) is 0.139. The zero-order valence-corrected chi connectivity index (χ0v) is 14.9. The number of piperidine rings is 1. The van der Waals surface area contributed by atoms with Gasteiger partial charge in [0.15, 0.2) is 5.69 Å². The Labute approximate surface area is 154 Å². The van der Waals surface area contributed by atoms with E-state index in [0.717, 1.165) is 19.3 Å². The van der Waals surface area contributed by atoms with Crippen molar-refractivity contribution in [2.75, 3.05) is 18.4 Å². The lowest BCUT2D eigenvalue weighted by Gasteiger charge is -2.32. The molecule has 3 fully saturated rings. The molecule has 3 aliphatic rings. The zero-order valence-electron chi connectivity index (χ0n) is 14.9. The average molecular weight is 390 g/mol. The van der Waals surface area contributed by atoms with Gasteiger partial charge in [-0.1, -0.05) is 6.42 Å². The van der Waals surface area contributed by atoms with Crippen LogP contribution < -0.4 is 5.32 Å². The highest BCUT2D eigenvalue weighted by Gasteiger charge is 2.41. The predicted octanol–water partition coefficient (Wildman–Crippen LogP) is 4.33. The minimum atomic E-state index is -4.61. The molecule has 1 saturated heterocycles. The van der Waals surface area contributed by atoms with Crippen molar-refractivity contribution < 1.29 is 22.0 Å². The van der Waals surface area contributed by atoms with E-state index in [4.69, 9.17) is 0 Å². The van der Waals surface area contributed by atoms with Crippen LogP contribution in [0.15, 0.2) is 6.20 Å². The van der Waals surface area contributed by atoms with E-state index in [1.165, 1.54) is 12.6 Å². The number of hydrogen-bond donors (Lipinski definition) is 1. The number of halogens is 5. The normalized spacial score (nSPS) is 30.6. The monoisotopic (exact) mass is 390 g/mol. The number of alkyl halides is 5. The molecular weight excluding hydrogens is 367 g/mol. The lowest BCUT2D eigenvalue weighted by atomic mass is 9.95. The van der Waals surface area contributed by atoms with Crippen LogP contribution in [0.3, 0.4) is 0 Å². The van der Waals surface area contributed by atoms with Crippen molar-refractivity contribution in [3.63, 3.8) is 0 Å². The largest absolute Gasteiger partial charge is 0.433 e. The van der Waals surface area contributed by atoms with Crippen molar-refractivity contribution in [3.8, 4) is 0 Å². The van der Waals surface area contributed by atoms with Gasteiger partial charge < -0.3 is 5.32 Å². The second kappa shape index (κ2) is 6.83. The van der Waals surface area contributed by atoms with Gasteiger partial charge in [-0.2, -0.15) is 13.2 Å². The van der Waals surface area contributed by atoms with E-state index in [2.05, 4.69) is 15.3 Å². The highest BCUT2D eigenvalue weighted by molar-refractivity contribution is 5.33. The standard InChI is InChI=1S/C18H23F5N4/c19-17(20)3-5-27(6-4-17)10-13-9-24-16(26-15(13)18(21,22)23)25-14-8-11-1-2-12(14)7-11/h9,11-12,14H,1-8,10H2,(H,24,25,26)/t11-,12+,14+/m0/s1. The van der Waals surface area contributed by atoms with Crippen LogP contribution in [0, 0.1) is 11.8 Å². The minimum absolute atomic E-state index is 0.00815. The van der Waals surface area contributed by atoms with E-state index < -0.39 is 17.8 Å². The van der Waals surface area contributed by atoms with Crippen molar-refractivity contribution >= 4 is 5.95 Å². The summed E-state index contributed by atoms with van der Waals surface area (Å²) in [5.41, 5.74) is -1.04. The van der Waals surface area contributed by atoms with Gasteiger partial charge in [0.1, 0.15) is 0 Å². The average Bonchev–Trinajstić information content (AvgIpc) is 3.20. The fourth-order valence-corrected chi connectivity index (χ4v) is 4.70. The summed E-state index contributed by atoms with van der Waals surface area (Å²) in [5.74, 6) is -1.57. The van der Waals surface area contributed by atoms with Crippen LogP contribution in [0.1, 0.15) is 49.8 Å². The Hall–Kier alpha value is -1.51. The number of hydrogen-bond acceptors (Lipinski definition) is 4. The molecule has 150 valence electrons. The molecule has 1 aromatic rings. The molecule has 1 aliphatic heterocycles. The van der Waals surface area contributed by atoms with Crippen LogP contribution in [0.5, 0.6) is 0 Å². The van der Waals surface area contributed by atoms with Gasteiger partial charge in [0.25, 0.3) is 5.92 Å². The lowest BCUT2D eigenvalue weighted by molar-refractivity contribution is -0.142. The number of nitrogens with zero attached hydrogens (tertiary/aromatic N) is 3. The summed E-state index contributed by atoms with van der Waals surface area (Å²) in [7, 11) is 0. The third-order valence-corrected chi connectivity index (χ3v) is 6.17. The van der Waals surface area contributed by atoms with Gasteiger partial charge in [-0.25, -0.2) is 18.7 Å². The zero-order chi connectivity index (χ0) is 19.2. The van der Waals surface area contributed by atoms with Crippen LogP contribution in [0.4, 0.5) is 27.9 Å². The fraction of sp³-hybridized carbons (Fsp3) is 0.778. The fourth-order valence-electron chi connectivity index (χ4n) is 4.70. The number of aromatic nitrogens is 2. The van der Waals surface area contributed by atoms with Gasteiger partial charge in [0, 0.05) is 50.3 Å². The second-order valence-corrected chi connectivity index (χ2v) is 8.12. The molecule has 0 spiro atoms. The Morgan fingerprint density at radius 1 is 1.15 bits per heavy atom. The molecular formula is C18H23F5N4. The van der Waals surface area contributed by atoms with Crippen molar-refractivity contribution in [2.24, 2.45) is 11.8 Å². The van der Waals surface area contributed by atoms with Crippen LogP contribution in [-0.4, -0.2) is 39.9 Å². The van der Waals surface area contributed by atoms with Crippen molar-refractivity contribution in [1.82, 2.24) is 14.9 Å². The van der Waals surface area contributed by atoms with Crippen molar-refractivity contribution in [1.29, 1.82) is 0 Å². The number of anilines is 1. The summed E-state index contributed by atoms with van der Waals surface area (Å²) in [6.07, 6.45) is 0.303. The van der Waals surface area contributed by atoms with Crippen LogP contribution in [0.2, 0.25) is 0 Å². The first kappa shape index (κ1) is 18.8. The third-order valence-electron chi connectivity index (χ3n) is 6.17. The molecule has 2 heterocycles. The molecule has 27 heavy (non-hydrogen) atoms. The van der Waals surface area contributed by atoms with Crippen molar-refractivity contribution in [2.45, 2.75) is 63.2 Å². The summed E-state index contributed by atoms with van der Waals surface area (Å²) in [6.45, 7) is 0.0597. The smallest absolute Gasteiger partial charge is 0.351 e. The Morgan fingerprint density at radius 3 is 2.48 bits per heavy atom. The highest BCUT2D eigenvalue weighted by atomic mass is 19.4. The van der Waals surface area contributed by atoms with E-state index >= 15 is 0 Å². The van der Waals surface area contributed by atoms with Crippen LogP contribution in [0.25, 0.3) is 0 Å². The molecule has 3 atom stereocenters.